The van der Waals surface area contributed by atoms with Crippen LogP contribution in [0.2, 0.25) is 0 Å². The summed E-state index contributed by atoms with van der Waals surface area (Å²) in [5, 5.41) is 16.8. The molecule has 1 aromatic rings. The largest absolute Gasteiger partial charge is 0.382 e. The predicted molar refractivity (Wildman–Crippen MR) is 80.7 cm³/mol. The van der Waals surface area contributed by atoms with Crippen molar-refractivity contribution in [2.45, 2.75) is 26.3 Å². The highest BCUT2D eigenvalue weighted by Crippen LogP contribution is 2.28. The van der Waals surface area contributed by atoms with E-state index in [0.717, 1.165) is 0 Å². The van der Waals surface area contributed by atoms with E-state index in [1.165, 1.54) is 18.2 Å². The van der Waals surface area contributed by atoms with E-state index < -0.39 is 10.5 Å². The number of benzene rings is 1. The van der Waals surface area contributed by atoms with Gasteiger partial charge in [-0.15, -0.1) is 0 Å². The topological polar surface area (TPSA) is 93.5 Å². The zero-order valence-corrected chi connectivity index (χ0v) is 12.7. The van der Waals surface area contributed by atoms with E-state index >= 15 is 0 Å². The highest BCUT2D eigenvalue weighted by atomic mass is 16.6. The maximum absolute atomic E-state index is 11.8. The molecule has 0 radical (unpaired) electrons. The number of anilines is 1. The lowest BCUT2D eigenvalue weighted by Crippen LogP contribution is -2.36. The highest BCUT2D eigenvalue weighted by Gasteiger charge is 2.23. The van der Waals surface area contributed by atoms with E-state index in [2.05, 4.69) is 10.6 Å². The molecular formula is C14H21N3O4. The maximum Gasteiger partial charge on any atom is 0.292 e. The van der Waals surface area contributed by atoms with Crippen molar-refractivity contribution in [2.24, 2.45) is 0 Å². The minimum absolute atomic E-state index is 0.0766. The lowest BCUT2D eigenvalue weighted by Gasteiger charge is -2.26. The molecule has 0 unspecified atom stereocenters. The number of hydrogen-bond donors (Lipinski definition) is 2. The van der Waals surface area contributed by atoms with Crippen LogP contribution < -0.4 is 10.6 Å². The first kappa shape index (κ1) is 16.9. The van der Waals surface area contributed by atoms with Gasteiger partial charge in [-0.05, 0) is 32.9 Å². The Balaban J connectivity index is 3.15. The Morgan fingerprint density at radius 2 is 2.10 bits per heavy atom. The van der Waals surface area contributed by atoms with Gasteiger partial charge >= 0.3 is 0 Å². The molecule has 0 aliphatic rings. The molecule has 0 heterocycles. The molecule has 0 aromatic heterocycles. The van der Waals surface area contributed by atoms with E-state index in [-0.39, 0.29) is 11.6 Å². The lowest BCUT2D eigenvalue weighted by molar-refractivity contribution is -0.384. The molecule has 0 saturated carbocycles. The summed E-state index contributed by atoms with van der Waals surface area (Å²) in [7, 11) is 1.56. The molecule has 2 N–H and O–H groups in total. The fourth-order valence-electron chi connectivity index (χ4n) is 1.96. The first-order valence-corrected chi connectivity index (χ1v) is 6.64. The van der Waals surface area contributed by atoms with Crippen LogP contribution in [0.1, 0.15) is 31.1 Å². The molecular weight excluding hydrogens is 274 g/mol. The number of carbonyl (C=O) groups is 1. The second kappa shape index (κ2) is 7.03. The van der Waals surface area contributed by atoms with E-state index in [4.69, 9.17) is 4.74 Å². The lowest BCUT2D eigenvalue weighted by atomic mass is 10.0. The van der Waals surface area contributed by atoms with Crippen molar-refractivity contribution < 1.29 is 14.5 Å². The summed E-state index contributed by atoms with van der Waals surface area (Å²) in [6.45, 7) is 6.39. The summed E-state index contributed by atoms with van der Waals surface area (Å²) < 4.78 is 5.08. The van der Waals surface area contributed by atoms with Crippen LogP contribution in [0.25, 0.3) is 0 Å². The van der Waals surface area contributed by atoms with Crippen LogP contribution in [0.15, 0.2) is 18.2 Å². The number of methoxy groups -OCH3 is 1. The fourth-order valence-corrected chi connectivity index (χ4v) is 1.96. The Bertz CT molecular complexity index is 529. The third-order valence-corrected chi connectivity index (χ3v) is 2.77. The number of nitro groups is 1. The zero-order chi connectivity index (χ0) is 16.0. The predicted octanol–water partition coefficient (Wildman–Crippen LogP) is 2.18. The average Bonchev–Trinajstić information content (AvgIpc) is 2.37. The summed E-state index contributed by atoms with van der Waals surface area (Å²) in [6, 6.07) is 4.26. The summed E-state index contributed by atoms with van der Waals surface area (Å²) in [5.74, 6) is -0.264. The molecule has 0 atom stereocenters. The second-order valence-corrected chi connectivity index (χ2v) is 5.29. The highest BCUT2D eigenvalue weighted by molar-refractivity contribution is 5.95. The van der Waals surface area contributed by atoms with Crippen LogP contribution >= 0.6 is 0 Å². The van der Waals surface area contributed by atoms with Crippen LogP contribution in [-0.4, -0.2) is 36.6 Å². The minimum atomic E-state index is -0.501. The van der Waals surface area contributed by atoms with Crippen molar-refractivity contribution >= 4 is 17.3 Å². The summed E-state index contributed by atoms with van der Waals surface area (Å²) in [5.41, 5.74) is 0.0931. The number of nitro benzene ring substituents is 1. The van der Waals surface area contributed by atoms with Crippen LogP contribution in [-0.2, 0) is 4.74 Å². The van der Waals surface area contributed by atoms with Crippen LogP contribution in [0, 0.1) is 10.1 Å². The Morgan fingerprint density at radius 1 is 1.43 bits per heavy atom. The summed E-state index contributed by atoms with van der Waals surface area (Å²) in [6.07, 6.45) is 0. The zero-order valence-electron chi connectivity index (χ0n) is 12.7. The number of nitrogens with zero attached hydrogens (tertiary/aromatic N) is 1. The van der Waals surface area contributed by atoms with E-state index in [1.807, 2.05) is 20.8 Å². The van der Waals surface area contributed by atoms with Gasteiger partial charge in [0.2, 0.25) is 0 Å². The standard InChI is InChI=1S/C14H21N3O4/c1-5-15-13(18)10-6-7-12(17(19)20)11(8-10)16-14(2,3)9-21-4/h6-8,16H,5,9H2,1-4H3,(H,15,18). The van der Waals surface area contributed by atoms with Crippen LogP contribution in [0.4, 0.5) is 11.4 Å². The van der Waals surface area contributed by atoms with Crippen molar-refractivity contribution in [1.82, 2.24) is 5.32 Å². The van der Waals surface area contributed by atoms with Crippen molar-refractivity contribution in [3.63, 3.8) is 0 Å². The minimum Gasteiger partial charge on any atom is -0.382 e. The monoisotopic (exact) mass is 295 g/mol. The normalized spacial score (nSPS) is 11.0. The third kappa shape index (κ3) is 4.71. The molecule has 0 fully saturated rings. The molecule has 7 heteroatoms. The Labute approximate surface area is 123 Å². The number of amides is 1. The van der Waals surface area contributed by atoms with Crippen molar-refractivity contribution in [3.05, 3.63) is 33.9 Å². The van der Waals surface area contributed by atoms with Gasteiger partial charge in [0, 0.05) is 25.3 Å². The number of rotatable bonds is 7. The Morgan fingerprint density at radius 3 is 2.62 bits per heavy atom. The van der Waals surface area contributed by atoms with Gasteiger partial charge in [0.1, 0.15) is 5.69 Å². The maximum atomic E-state index is 11.8. The molecule has 116 valence electrons. The van der Waals surface area contributed by atoms with E-state index in [9.17, 15) is 14.9 Å². The second-order valence-electron chi connectivity index (χ2n) is 5.29. The molecule has 0 bridgehead atoms. The summed E-state index contributed by atoms with van der Waals surface area (Å²) >= 11 is 0. The van der Waals surface area contributed by atoms with Crippen LogP contribution in [0.5, 0.6) is 0 Å². The molecule has 1 rings (SSSR count). The molecule has 1 amide bonds. The first-order chi connectivity index (χ1) is 9.80. The van der Waals surface area contributed by atoms with Gasteiger partial charge in [-0.3, -0.25) is 14.9 Å². The number of ether oxygens (including phenoxy) is 1. The van der Waals surface area contributed by atoms with Gasteiger partial charge in [-0.1, -0.05) is 0 Å². The van der Waals surface area contributed by atoms with Gasteiger partial charge in [0.25, 0.3) is 11.6 Å². The van der Waals surface area contributed by atoms with Crippen molar-refractivity contribution in [3.8, 4) is 0 Å². The molecule has 7 nitrogen and oxygen atoms in total. The molecule has 21 heavy (non-hydrogen) atoms. The molecule has 0 saturated heterocycles. The Kier molecular flexibility index (Phi) is 5.66. The SMILES string of the molecule is CCNC(=O)c1ccc([N+](=O)[O-])c(NC(C)(C)COC)c1. The first-order valence-electron chi connectivity index (χ1n) is 6.64. The van der Waals surface area contributed by atoms with Crippen molar-refractivity contribution in [2.75, 3.05) is 25.6 Å². The van der Waals surface area contributed by atoms with Crippen LogP contribution in [0.3, 0.4) is 0 Å². The number of nitrogens with one attached hydrogen (secondary N) is 2. The van der Waals surface area contributed by atoms with Gasteiger partial charge < -0.3 is 15.4 Å². The molecule has 1 aromatic carbocycles. The Hall–Kier alpha value is -2.15. The molecule has 0 spiro atoms. The summed E-state index contributed by atoms with van der Waals surface area (Å²) in [4.78, 5) is 22.5. The third-order valence-electron chi connectivity index (χ3n) is 2.77. The van der Waals surface area contributed by atoms with E-state index in [1.54, 1.807) is 7.11 Å². The fraction of sp³-hybridized carbons (Fsp3) is 0.500. The average molecular weight is 295 g/mol. The van der Waals surface area contributed by atoms with E-state index in [0.29, 0.717) is 24.4 Å². The van der Waals surface area contributed by atoms with Gasteiger partial charge in [-0.25, -0.2) is 0 Å². The smallest absolute Gasteiger partial charge is 0.292 e. The quantitative estimate of drug-likeness (QED) is 0.594. The number of carbonyl (C=O) groups excluding carboxylic acids is 1. The van der Waals surface area contributed by atoms with Gasteiger partial charge in [0.15, 0.2) is 0 Å². The molecule has 0 aliphatic carbocycles. The number of hydrogen-bond acceptors (Lipinski definition) is 5. The van der Waals surface area contributed by atoms with Crippen molar-refractivity contribution in [1.29, 1.82) is 0 Å². The van der Waals surface area contributed by atoms with Gasteiger partial charge in [-0.2, -0.15) is 0 Å². The van der Waals surface area contributed by atoms with Gasteiger partial charge in [0.05, 0.1) is 17.1 Å². The molecule has 0 aliphatic heterocycles.